The largest absolute Gasteiger partial charge is 0.468 e. The number of nitrogens with zero attached hydrogens (tertiary/aromatic N) is 2. The van der Waals surface area contributed by atoms with E-state index in [0.29, 0.717) is 13.1 Å². The number of ether oxygens (including phenoxy) is 1. The standard InChI is InChI=1S/C12H20N2O2S/c1-12(2,3)9-8-17-10(13-9)6-14(4)7-11(15)16-5/h8H,6-7H2,1-5H3. The molecule has 0 saturated carbocycles. The van der Waals surface area contributed by atoms with E-state index in [1.54, 1.807) is 11.3 Å². The van der Waals surface area contributed by atoms with Crippen molar-refractivity contribution in [3.8, 4) is 0 Å². The zero-order chi connectivity index (χ0) is 13.1. The first kappa shape index (κ1) is 14.1. The summed E-state index contributed by atoms with van der Waals surface area (Å²) in [5.74, 6) is -0.222. The Kier molecular flexibility index (Phi) is 4.65. The number of hydrogen-bond acceptors (Lipinski definition) is 5. The van der Waals surface area contributed by atoms with Gasteiger partial charge in [-0.3, -0.25) is 9.69 Å². The van der Waals surface area contributed by atoms with E-state index in [4.69, 9.17) is 0 Å². The van der Waals surface area contributed by atoms with Crippen LogP contribution in [0.5, 0.6) is 0 Å². The molecule has 0 atom stereocenters. The minimum absolute atomic E-state index is 0.0790. The lowest BCUT2D eigenvalue weighted by molar-refractivity contribution is -0.141. The van der Waals surface area contributed by atoms with E-state index in [1.165, 1.54) is 7.11 Å². The highest BCUT2D eigenvalue weighted by Crippen LogP contribution is 2.24. The molecule has 1 heterocycles. The highest BCUT2D eigenvalue weighted by Gasteiger charge is 2.18. The first-order valence-electron chi connectivity index (χ1n) is 5.53. The van der Waals surface area contributed by atoms with Crippen LogP contribution in [-0.4, -0.2) is 36.6 Å². The molecule has 0 aromatic carbocycles. The summed E-state index contributed by atoms with van der Waals surface area (Å²) in [4.78, 5) is 17.6. The van der Waals surface area contributed by atoms with Crippen molar-refractivity contribution < 1.29 is 9.53 Å². The van der Waals surface area contributed by atoms with Crippen molar-refractivity contribution in [3.05, 3.63) is 16.1 Å². The fraction of sp³-hybridized carbons (Fsp3) is 0.667. The van der Waals surface area contributed by atoms with Crippen LogP contribution in [0.2, 0.25) is 0 Å². The van der Waals surface area contributed by atoms with E-state index >= 15 is 0 Å². The smallest absolute Gasteiger partial charge is 0.319 e. The van der Waals surface area contributed by atoms with Crippen LogP contribution in [-0.2, 0) is 21.5 Å². The van der Waals surface area contributed by atoms with Gasteiger partial charge < -0.3 is 4.74 Å². The van der Waals surface area contributed by atoms with E-state index in [9.17, 15) is 4.79 Å². The summed E-state index contributed by atoms with van der Waals surface area (Å²) >= 11 is 1.63. The van der Waals surface area contributed by atoms with Crippen LogP contribution in [0.3, 0.4) is 0 Å². The van der Waals surface area contributed by atoms with Crippen LogP contribution >= 0.6 is 11.3 Å². The molecule has 0 saturated heterocycles. The molecule has 0 unspecified atom stereocenters. The average Bonchev–Trinajstić information content (AvgIpc) is 2.65. The van der Waals surface area contributed by atoms with Crippen molar-refractivity contribution in [2.24, 2.45) is 0 Å². The highest BCUT2D eigenvalue weighted by atomic mass is 32.1. The van der Waals surface area contributed by atoms with Crippen molar-refractivity contribution in [3.63, 3.8) is 0 Å². The van der Waals surface area contributed by atoms with Gasteiger partial charge in [0.1, 0.15) is 5.01 Å². The molecule has 1 rings (SSSR count). The summed E-state index contributed by atoms with van der Waals surface area (Å²) in [5.41, 5.74) is 1.18. The van der Waals surface area contributed by atoms with Crippen molar-refractivity contribution >= 4 is 17.3 Å². The zero-order valence-electron chi connectivity index (χ0n) is 11.1. The summed E-state index contributed by atoms with van der Waals surface area (Å²) in [6.45, 7) is 7.40. The maximum Gasteiger partial charge on any atom is 0.319 e. The molecule has 1 aromatic rings. The second-order valence-corrected chi connectivity index (χ2v) is 6.07. The second-order valence-electron chi connectivity index (χ2n) is 5.12. The number of carbonyl (C=O) groups excluding carboxylic acids is 1. The Morgan fingerprint density at radius 3 is 2.65 bits per heavy atom. The molecule has 17 heavy (non-hydrogen) atoms. The van der Waals surface area contributed by atoms with Gasteiger partial charge >= 0.3 is 5.97 Å². The number of esters is 1. The maximum atomic E-state index is 11.1. The number of carbonyl (C=O) groups is 1. The third kappa shape index (κ3) is 4.44. The van der Waals surface area contributed by atoms with Crippen LogP contribution in [0, 0.1) is 0 Å². The number of hydrogen-bond donors (Lipinski definition) is 0. The second kappa shape index (κ2) is 5.60. The monoisotopic (exact) mass is 256 g/mol. The van der Waals surface area contributed by atoms with Gasteiger partial charge in [0.15, 0.2) is 0 Å². The molecule has 0 bridgehead atoms. The number of likely N-dealkylation sites (N-methyl/N-ethyl adjacent to an activating group) is 1. The van der Waals surface area contributed by atoms with E-state index in [0.717, 1.165) is 10.7 Å². The zero-order valence-corrected chi connectivity index (χ0v) is 11.9. The summed E-state index contributed by atoms with van der Waals surface area (Å²) in [6.07, 6.45) is 0. The Morgan fingerprint density at radius 1 is 1.53 bits per heavy atom. The molecule has 0 aliphatic heterocycles. The molecule has 0 radical (unpaired) electrons. The van der Waals surface area contributed by atoms with Gasteiger partial charge in [0.25, 0.3) is 0 Å². The Balaban J connectivity index is 2.58. The highest BCUT2D eigenvalue weighted by molar-refractivity contribution is 7.09. The lowest BCUT2D eigenvalue weighted by Crippen LogP contribution is -2.26. The molecule has 96 valence electrons. The van der Waals surface area contributed by atoms with E-state index < -0.39 is 0 Å². The van der Waals surface area contributed by atoms with E-state index in [-0.39, 0.29) is 11.4 Å². The molecule has 5 heteroatoms. The fourth-order valence-corrected chi connectivity index (χ4v) is 2.40. The maximum absolute atomic E-state index is 11.1. The predicted octanol–water partition coefficient (Wildman–Crippen LogP) is 2.05. The predicted molar refractivity (Wildman–Crippen MR) is 69.2 cm³/mol. The number of thiazole rings is 1. The Labute approximate surface area is 107 Å². The summed E-state index contributed by atoms with van der Waals surface area (Å²) in [7, 11) is 3.28. The molecule has 0 fully saturated rings. The third-order valence-electron chi connectivity index (χ3n) is 2.35. The van der Waals surface area contributed by atoms with Crippen molar-refractivity contribution in [2.75, 3.05) is 20.7 Å². The Hall–Kier alpha value is -0.940. The van der Waals surface area contributed by atoms with Gasteiger partial charge in [0, 0.05) is 10.8 Å². The van der Waals surface area contributed by atoms with Crippen LogP contribution in [0.4, 0.5) is 0 Å². The third-order valence-corrected chi connectivity index (χ3v) is 3.19. The molecular weight excluding hydrogens is 236 g/mol. The molecule has 1 aromatic heterocycles. The van der Waals surface area contributed by atoms with Gasteiger partial charge in [0.2, 0.25) is 0 Å². The molecule has 0 aliphatic rings. The Bertz CT molecular complexity index is 382. The van der Waals surface area contributed by atoms with Gasteiger partial charge in [0.05, 0.1) is 25.9 Å². The van der Waals surface area contributed by atoms with Gasteiger partial charge in [-0.05, 0) is 7.05 Å². The lowest BCUT2D eigenvalue weighted by atomic mass is 9.93. The van der Waals surface area contributed by atoms with Gasteiger partial charge in [-0.1, -0.05) is 20.8 Å². The number of aromatic nitrogens is 1. The van der Waals surface area contributed by atoms with E-state index in [2.05, 4.69) is 35.9 Å². The summed E-state index contributed by atoms with van der Waals surface area (Å²) < 4.78 is 4.62. The van der Waals surface area contributed by atoms with Gasteiger partial charge in [-0.2, -0.15) is 0 Å². The first-order chi connectivity index (χ1) is 7.82. The van der Waals surface area contributed by atoms with Crippen LogP contribution in [0.15, 0.2) is 5.38 Å². The minimum Gasteiger partial charge on any atom is -0.468 e. The number of methoxy groups -OCH3 is 1. The van der Waals surface area contributed by atoms with Crippen LogP contribution < -0.4 is 0 Å². The van der Waals surface area contributed by atoms with Gasteiger partial charge in [-0.25, -0.2) is 4.98 Å². The summed E-state index contributed by atoms with van der Waals surface area (Å²) in [5, 5.41) is 3.11. The molecule has 0 spiro atoms. The van der Waals surface area contributed by atoms with Crippen molar-refractivity contribution in [1.82, 2.24) is 9.88 Å². The molecule has 0 aliphatic carbocycles. The van der Waals surface area contributed by atoms with Gasteiger partial charge in [-0.15, -0.1) is 11.3 Å². The topological polar surface area (TPSA) is 42.4 Å². The first-order valence-corrected chi connectivity index (χ1v) is 6.41. The normalized spacial score (nSPS) is 11.9. The lowest BCUT2D eigenvalue weighted by Gasteiger charge is -2.15. The quantitative estimate of drug-likeness (QED) is 0.773. The number of rotatable bonds is 4. The minimum atomic E-state index is -0.222. The SMILES string of the molecule is COC(=O)CN(C)Cc1nc(C(C)(C)C)cs1. The molecule has 4 nitrogen and oxygen atoms in total. The van der Waals surface area contributed by atoms with Crippen LogP contribution in [0.1, 0.15) is 31.5 Å². The van der Waals surface area contributed by atoms with E-state index in [1.807, 2.05) is 11.9 Å². The van der Waals surface area contributed by atoms with Crippen molar-refractivity contribution in [1.29, 1.82) is 0 Å². The molecule has 0 amide bonds. The average molecular weight is 256 g/mol. The fourth-order valence-electron chi connectivity index (χ4n) is 1.30. The molecular formula is C12H20N2O2S. The summed E-state index contributed by atoms with van der Waals surface area (Å²) in [6, 6.07) is 0. The van der Waals surface area contributed by atoms with Crippen LogP contribution in [0.25, 0.3) is 0 Å². The molecule has 0 N–H and O–H groups in total. The Morgan fingerprint density at radius 2 is 2.18 bits per heavy atom. The van der Waals surface area contributed by atoms with Crippen molar-refractivity contribution in [2.45, 2.75) is 32.7 Å².